The van der Waals surface area contributed by atoms with E-state index < -0.39 is 11.8 Å². The summed E-state index contributed by atoms with van der Waals surface area (Å²) in [5.74, 6) is -0.308. The Morgan fingerprint density at radius 1 is 1.18 bits per heavy atom. The lowest BCUT2D eigenvalue weighted by Gasteiger charge is -2.09. The van der Waals surface area contributed by atoms with Gasteiger partial charge >= 0.3 is 0 Å². The predicted molar refractivity (Wildman–Crippen MR) is 83.3 cm³/mol. The molecule has 2 heterocycles. The summed E-state index contributed by atoms with van der Waals surface area (Å²) >= 11 is 4.89. The summed E-state index contributed by atoms with van der Waals surface area (Å²) in [7, 11) is 0. The van der Waals surface area contributed by atoms with Crippen molar-refractivity contribution in [3.63, 3.8) is 0 Å². The number of carbonyl (C=O) groups excluding carboxylic acids is 2. The Hall–Kier alpha value is -3.00. The van der Waals surface area contributed by atoms with Crippen molar-refractivity contribution in [2.75, 3.05) is 0 Å². The van der Waals surface area contributed by atoms with E-state index in [4.69, 9.17) is 16.6 Å². The molecular weight excluding hydrogens is 304 g/mol. The van der Waals surface area contributed by atoms with Crippen LogP contribution < -0.4 is 16.2 Å². The van der Waals surface area contributed by atoms with Crippen molar-refractivity contribution in [2.24, 2.45) is 0 Å². The molecule has 2 aromatic heterocycles. The van der Waals surface area contributed by atoms with E-state index >= 15 is 0 Å². The van der Waals surface area contributed by atoms with Crippen LogP contribution in [-0.2, 0) is 4.79 Å². The quantitative estimate of drug-likeness (QED) is 0.444. The average Bonchev–Trinajstić information content (AvgIpc) is 3.05. The Morgan fingerprint density at radius 2 is 1.95 bits per heavy atom. The number of nitrogens with one attached hydrogen (secondary N) is 3. The summed E-state index contributed by atoms with van der Waals surface area (Å²) in [6.45, 7) is 0. The smallest absolute Gasteiger partial charge is 0.269 e. The third-order valence-electron chi connectivity index (χ3n) is 2.41. The second-order valence-electron chi connectivity index (χ2n) is 3.98. The standard InChI is InChI=1S/C14H12N4O3S/c19-12(4-3-11-2-1-9-21-11)16-14(22)18-17-13(20)10-5-7-15-8-6-10/h1-9H,(H,17,20)(H2,16,18,19,22)/b4-3+. The molecule has 0 unspecified atom stereocenters. The molecule has 0 saturated carbocycles. The van der Waals surface area contributed by atoms with Gasteiger partial charge in [-0.1, -0.05) is 0 Å². The number of hydrogen-bond donors (Lipinski definition) is 3. The van der Waals surface area contributed by atoms with E-state index in [9.17, 15) is 9.59 Å². The maximum absolute atomic E-state index is 11.7. The Labute approximate surface area is 131 Å². The van der Waals surface area contributed by atoms with Crippen LogP contribution in [0.2, 0.25) is 0 Å². The highest BCUT2D eigenvalue weighted by molar-refractivity contribution is 7.80. The minimum Gasteiger partial charge on any atom is -0.465 e. The zero-order chi connectivity index (χ0) is 15.8. The molecule has 0 aliphatic heterocycles. The molecule has 2 aromatic rings. The zero-order valence-electron chi connectivity index (χ0n) is 11.3. The molecule has 0 radical (unpaired) electrons. The zero-order valence-corrected chi connectivity index (χ0v) is 12.1. The number of rotatable bonds is 3. The normalized spacial score (nSPS) is 10.2. The van der Waals surface area contributed by atoms with Crippen LogP contribution in [0, 0.1) is 0 Å². The van der Waals surface area contributed by atoms with Gasteiger partial charge in [-0.05, 0) is 42.6 Å². The van der Waals surface area contributed by atoms with Crippen molar-refractivity contribution in [2.45, 2.75) is 0 Å². The highest BCUT2D eigenvalue weighted by Crippen LogP contribution is 2.01. The fourth-order valence-electron chi connectivity index (χ4n) is 1.42. The molecule has 2 rings (SSSR count). The molecule has 8 heteroatoms. The van der Waals surface area contributed by atoms with Gasteiger partial charge in [-0.15, -0.1) is 0 Å². The van der Waals surface area contributed by atoms with E-state index in [0.29, 0.717) is 11.3 Å². The van der Waals surface area contributed by atoms with Gasteiger partial charge in [0.25, 0.3) is 5.91 Å². The van der Waals surface area contributed by atoms with Gasteiger partial charge in [0.05, 0.1) is 6.26 Å². The van der Waals surface area contributed by atoms with Crippen LogP contribution >= 0.6 is 12.2 Å². The molecule has 0 fully saturated rings. The fourth-order valence-corrected chi connectivity index (χ4v) is 1.57. The van der Waals surface area contributed by atoms with Crippen LogP contribution in [0.15, 0.2) is 53.4 Å². The number of carbonyl (C=O) groups is 2. The molecule has 0 atom stereocenters. The topological polar surface area (TPSA) is 96.3 Å². The first-order valence-electron chi connectivity index (χ1n) is 6.18. The summed E-state index contributed by atoms with van der Waals surface area (Å²) in [6.07, 6.45) is 7.24. The molecular formula is C14H12N4O3S. The molecule has 0 aromatic carbocycles. The summed E-state index contributed by atoms with van der Waals surface area (Å²) in [5.41, 5.74) is 5.20. The maximum atomic E-state index is 11.7. The van der Waals surface area contributed by atoms with Crippen molar-refractivity contribution < 1.29 is 14.0 Å². The first kappa shape index (κ1) is 15.4. The lowest BCUT2D eigenvalue weighted by atomic mass is 10.3. The predicted octanol–water partition coefficient (Wildman–Crippen LogP) is 1.02. The van der Waals surface area contributed by atoms with Crippen molar-refractivity contribution in [3.05, 3.63) is 60.3 Å². The molecule has 0 aliphatic carbocycles. The Balaban J connectivity index is 1.76. The van der Waals surface area contributed by atoms with E-state index in [1.54, 1.807) is 24.3 Å². The van der Waals surface area contributed by atoms with E-state index in [1.165, 1.54) is 30.8 Å². The fraction of sp³-hybridized carbons (Fsp3) is 0. The van der Waals surface area contributed by atoms with Crippen LogP contribution in [0.5, 0.6) is 0 Å². The molecule has 112 valence electrons. The van der Waals surface area contributed by atoms with Gasteiger partial charge in [0.1, 0.15) is 5.76 Å². The van der Waals surface area contributed by atoms with Crippen molar-refractivity contribution in [1.29, 1.82) is 0 Å². The summed E-state index contributed by atoms with van der Waals surface area (Å²) in [5, 5.41) is 2.34. The number of nitrogens with zero attached hydrogens (tertiary/aromatic N) is 1. The van der Waals surface area contributed by atoms with Gasteiger partial charge in [-0.2, -0.15) is 0 Å². The number of thiocarbonyl (C=S) groups is 1. The molecule has 0 bridgehead atoms. The Kier molecular flexibility index (Phi) is 5.38. The Morgan fingerprint density at radius 3 is 2.64 bits per heavy atom. The van der Waals surface area contributed by atoms with Crippen molar-refractivity contribution in [3.8, 4) is 0 Å². The number of pyridine rings is 1. The molecule has 0 spiro atoms. The van der Waals surface area contributed by atoms with Gasteiger partial charge in [0, 0.05) is 24.0 Å². The summed E-state index contributed by atoms with van der Waals surface area (Å²) in [4.78, 5) is 27.1. The van der Waals surface area contributed by atoms with Crippen LogP contribution in [0.4, 0.5) is 0 Å². The molecule has 22 heavy (non-hydrogen) atoms. The number of aromatic nitrogens is 1. The average molecular weight is 316 g/mol. The summed E-state index contributed by atoms with van der Waals surface area (Å²) < 4.78 is 5.04. The first-order chi connectivity index (χ1) is 10.6. The third-order valence-corrected chi connectivity index (χ3v) is 2.62. The largest absolute Gasteiger partial charge is 0.465 e. The highest BCUT2D eigenvalue weighted by Gasteiger charge is 2.06. The second-order valence-corrected chi connectivity index (χ2v) is 4.39. The number of furan rings is 1. The van der Waals surface area contributed by atoms with Crippen LogP contribution in [0.1, 0.15) is 16.1 Å². The van der Waals surface area contributed by atoms with E-state index in [0.717, 1.165) is 0 Å². The van der Waals surface area contributed by atoms with Crippen molar-refractivity contribution in [1.82, 2.24) is 21.2 Å². The molecule has 0 saturated heterocycles. The van der Waals surface area contributed by atoms with Crippen molar-refractivity contribution >= 4 is 35.2 Å². The van der Waals surface area contributed by atoms with Gasteiger partial charge in [0.2, 0.25) is 5.91 Å². The van der Waals surface area contributed by atoms with Crippen LogP contribution in [-0.4, -0.2) is 21.9 Å². The lowest BCUT2D eigenvalue weighted by Crippen LogP contribution is -2.48. The van der Waals surface area contributed by atoms with Gasteiger partial charge < -0.3 is 4.42 Å². The monoisotopic (exact) mass is 316 g/mol. The maximum Gasteiger partial charge on any atom is 0.269 e. The Bertz CT molecular complexity index is 683. The number of hydrogen-bond acceptors (Lipinski definition) is 5. The molecule has 0 aliphatic rings. The third kappa shape index (κ3) is 4.84. The van der Waals surface area contributed by atoms with Gasteiger partial charge in [-0.3, -0.25) is 30.7 Å². The minimum absolute atomic E-state index is 0.0310. The van der Waals surface area contributed by atoms with E-state index in [-0.39, 0.29) is 5.11 Å². The van der Waals surface area contributed by atoms with Crippen LogP contribution in [0.25, 0.3) is 6.08 Å². The van der Waals surface area contributed by atoms with Gasteiger partial charge in [0.15, 0.2) is 5.11 Å². The molecule has 7 nitrogen and oxygen atoms in total. The number of hydrazine groups is 1. The number of amides is 2. The SMILES string of the molecule is O=C(/C=C/c1ccco1)NC(=S)NNC(=O)c1ccncc1. The lowest BCUT2D eigenvalue weighted by molar-refractivity contribution is -0.115. The second kappa shape index (κ2) is 7.70. The van der Waals surface area contributed by atoms with Gasteiger partial charge in [-0.25, -0.2) is 0 Å². The molecule has 3 N–H and O–H groups in total. The van der Waals surface area contributed by atoms with E-state index in [2.05, 4.69) is 21.2 Å². The highest BCUT2D eigenvalue weighted by atomic mass is 32.1. The van der Waals surface area contributed by atoms with E-state index in [1.807, 2.05) is 0 Å². The van der Waals surface area contributed by atoms with Crippen LogP contribution in [0.3, 0.4) is 0 Å². The minimum atomic E-state index is -0.452. The molecule has 2 amide bonds. The summed E-state index contributed by atoms with van der Waals surface area (Å²) in [6, 6.07) is 6.50. The first-order valence-corrected chi connectivity index (χ1v) is 6.59.